The molecule has 4 aliphatic rings. The van der Waals surface area contributed by atoms with Crippen molar-refractivity contribution in [2.24, 2.45) is 0 Å². The topological polar surface area (TPSA) is 136 Å². The minimum atomic E-state index is -1.55. The fourth-order valence-corrected chi connectivity index (χ4v) is 9.52. The minimum absolute atomic E-state index is 0.0720. The SMILES string of the molecule is O=C([O-])/C=C/C(=O)[O-].c1ccc(C(O[N+]2(CCc3ccc4c(c3)OCO4)CCCCC2)c2ccccc2)cc1.c1ccc(C(O[N+]2(CCc3ccc4c(c3)OCO4)CCCCC2)c2ccccc2)cc1. The normalized spacial score (nSPS) is 16.2. The van der Waals surface area contributed by atoms with Gasteiger partial charge in [-0.1, -0.05) is 133 Å². The van der Waals surface area contributed by atoms with E-state index in [1.165, 1.54) is 71.9 Å². The van der Waals surface area contributed by atoms with Crippen LogP contribution in [0.1, 0.15) is 84.1 Å². The number of nitrogens with zero attached hydrogens (tertiary/aromatic N) is 2. The Morgan fingerprint density at radius 1 is 0.443 bits per heavy atom. The molecule has 0 unspecified atom stereocenters. The van der Waals surface area contributed by atoms with Crippen molar-refractivity contribution in [1.82, 2.24) is 0 Å². The first-order valence-electron chi connectivity index (χ1n) is 24.4. The summed E-state index contributed by atoms with van der Waals surface area (Å²) in [5.74, 6) is 0.304. The Labute approximate surface area is 410 Å². The highest BCUT2D eigenvalue weighted by Gasteiger charge is 2.38. The van der Waals surface area contributed by atoms with Gasteiger partial charge in [0, 0.05) is 12.8 Å². The van der Waals surface area contributed by atoms with Crippen LogP contribution in [0.15, 0.2) is 170 Å². The van der Waals surface area contributed by atoms with E-state index < -0.39 is 11.9 Å². The molecular weight excluding hydrogens is 885 g/mol. The molecule has 0 amide bonds. The fraction of sp³-hybridized carbons (Fsp3) is 0.310. The summed E-state index contributed by atoms with van der Waals surface area (Å²) in [5, 5.41) is 18.8. The number of hydroxylamine groups is 6. The number of hydrogen-bond acceptors (Lipinski definition) is 10. The molecule has 4 heterocycles. The standard InChI is InChI=1S/2C27H30NO3.C4H4O4/c2*1-4-10-23(11-5-1)27(24-12-6-2-7-13-24)31-28(17-8-3-9-18-28)19-16-22-14-15-25-26(20-22)30-21-29-25;5-3(6)1-2-4(7)8/h2*1-2,4-7,10-15,20,27H,3,8-9,16-19,21H2;1-2H,(H,5,6)(H,7,8)/q2*+1;/p-2/b;;2-1+. The van der Waals surface area contributed by atoms with Gasteiger partial charge in [0.2, 0.25) is 13.6 Å². The average molecular weight is 947 g/mol. The Kier molecular flexibility index (Phi) is 17.3. The van der Waals surface area contributed by atoms with E-state index in [1.807, 2.05) is 12.1 Å². The van der Waals surface area contributed by atoms with Gasteiger partial charge in [-0.25, -0.2) is 0 Å². The number of fused-ring (bicyclic) bond motifs is 2. The molecule has 10 rings (SSSR count). The van der Waals surface area contributed by atoms with Gasteiger partial charge < -0.3 is 38.7 Å². The summed E-state index contributed by atoms with van der Waals surface area (Å²) in [6.07, 6.45) is 9.92. The second kappa shape index (κ2) is 24.5. The highest BCUT2D eigenvalue weighted by atomic mass is 16.7. The van der Waals surface area contributed by atoms with Crippen LogP contribution in [0.4, 0.5) is 0 Å². The van der Waals surface area contributed by atoms with Gasteiger partial charge in [-0.05, 0) is 108 Å². The molecule has 0 bridgehead atoms. The number of likely N-dealkylation sites (tertiary alicyclic amines) is 2. The zero-order valence-electron chi connectivity index (χ0n) is 39.6. The molecule has 0 aliphatic carbocycles. The maximum absolute atomic E-state index is 9.41. The number of quaternary nitrogens is 2. The molecule has 0 radical (unpaired) electrons. The molecule has 2 fully saturated rings. The van der Waals surface area contributed by atoms with Crippen LogP contribution in [0, 0.1) is 0 Å². The van der Waals surface area contributed by atoms with E-state index in [9.17, 15) is 19.8 Å². The van der Waals surface area contributed by atoms with Gasteiger partial charge in [0.1, 0.15) is 39.3 Å². The Morgan fingerprint density at radius 3 is 1.07 bits per heavy atom. The lowest BCUT2D eigenvalue weighted by molar-refractivity contribution is -1.11. The number of piperidine rings is 2. The number of rotatable bonds is 16. The number of benzene rings is 6. The van der Waals surface area contributed by atoms with Crippen LogP contribution in [-0.4, -0.2) is 74.1 Å². The lowest BCUT2D eigenvalue weighted by Gasteiger charge is -2.41. The molecule has 12 heteroatoms. The zero-order valence-corrected chi connectivity index (χ0v) is 39.6. The number of hydrogen-bond donors (Lipinski definition) is 0. The molecule has 0 aromatic heterocycles. The van der Waals surface area contributed by atoms with Gasteiger partial charge in [0.05, 0.1) is 11.9 Å². The van der Waals surface area contributed by atoms with Crippen molar-refractivity contribution in [2.45, 2.75) is 63.6 Å². The first-order valence-corrected chi connectivity index (χ1v) is 24.4. The number of carboxylic acid groups (broad SMARTS) is 2. The van der Waals surface area contributed by atoms with E-state index in [4.69, 9.17) is 28.6 Å². The van der Waals surface area contributed by atoms with Gasteiger partial charge in [-0.15, -0.1) is 0 Å². The summed E-state index contributed by atoms with van der Waals surface area (Å²) in [6.45, 7) is 6.77. The predicted octanol–water partition coefficient (Wildman–Crippen LogP) is 8.40. The van der Waals surface area contributed by atoms with Gasteiger partial charge in [0.15, 0.2) is 35.2 Å². The Balaban J connectivity index is 0.000000163. The molecule has 70 heavy (non-hydrogen) atoms. The molecule has 6 aromatic carbocycles. The van der Waals surface area contributed by atoms with Crippen molar-refractivity contribution < 1.29 is 57.7 Å². The van der Waals surface area contributed by atoms with Gasteiger partial charge >= 0.3 is 0 Å². The van der Waals surface area contributed by atoms with E-state index in [0.29, 0.717) is 35.0 Å². The monoisotopic (exact) mass is 946 g/mol. The van der Waals surface area contributed by atoms with Crippen LogP contribution in [0.2, 0.25) is 0 Å². The summed E-state index contributed by atoms with van der Waals surface area (Å²) in [5.41, 5.74) is 7.37. The van der Waals surface area contributed by atoms with Crippen LogP contribution < -0.4 is 29.2 Å². The summed E-state index contributed by atoms with van der Waals surface area (Å²) in [4.78, 5) is 32.9. The van der Waals surface area contributed by atoms with Gasteiger partial charge in [0.25, 0.3) is 0 Å². The van der Waals surface area contributed by atoms with E-state index in [-0.39, 0.29) is 12.2 Å². The Hall–Kier alpha value is -6.96. The largest absolute Gasteiger partial charge is 0.545 e. The third-order valence-electron chi connectivity index (χ3n) is 13.2. The third kappa shape index (κ3) is 13.9. The number of aliphatic carboxylic acids is 2. The predicted molar refractivity (Wildman–Crippen MR) is 261 cm³/mol. The molecule has 12 nitrogen and oxygen atoms in total. The highest BCUT2D eigenvalue weighted by Crippen LogP contribution is 2.37. The second-order valence-corrected chi connectivity index (χ2v) is 18.0. The van der Waals surface area contributed by atoms with Crippen molar-refractivity contribution in [3.8, 4) is 23.0 Å². The molecule has 0 atom stereocenters. The molecule has 0 spiro atoms. The highest BCUT2D eigenvalue weighted by molar-refractivity contribution is 5.87. The molecule has 364 valence electrons. The van der Waals surface area contributed by atoms with E-state index in [0.717, 1.165) is 75.1 Å². The van der Waals surface area contributed by atoms with Crippen molar-refractivity contribution in [1.29, 1.82) is 0 Å². The Morgan fingerprint density at radius 2 is 0.757 bits per heavy atom. The minimum Gasteiger partial charge on any atom is -0.545 e. The number of carbonyl (C=O) groups is 2. The van der Waals surface area contributed by atoms with Crippen molar-refractivity contribution in [2.75, 3.05) is 52.9 Å². The van der Waals surface area contributed by atoms with E-state index in [1.54, 1.807) is 0 Å². The van der Waals surface area contributed by atoms with E-state index >= 15 is 0 Å². The number of carbonyl (C=O) groups excluding carboxylic acids is 2. The van der Waals surface area contributed by atoms with Crippen LogP contribution in [0.5, 0.6) is 23.0 Å². The summed E-state index contributed by atoms with van der Waals surface area (Å²) >= 11 is 0. The van der Waals surface area contributed by atoms with Crippen molar-refractivity contribution in [3.63, 3.8) is 0 Å². The van der Waals surface area contributed by atoms with E-state index in [2.05, 4.69) is 146 Å². The van der Waals surface area contributed by atoms with Gasteiger partial charge in [-0.2, -0.15) is 19.0 Å². The lowest BCUT2D eigenvalue weighted by Crippen LogP contribution is -2.53. The lowest BCUT2D eigenvalue weighted by atomic mass is 10.0. The average Bonchev–Trinajstić information content (AvgIpc) is 4.10. The maximum atomic E-state index is 9.41. The van der Waals surface area contributed by atoms with Crippen LogP contribution >= 0.6 is 0 Å². The zero-order chi connectivity index (χ0) is 48.4. The molecule has 2 saturated heterocycles. The molecule has 0 N–H and O–H groups in total. The maximum Gasteiger partial charge on any atom is 0.231 e. The molecule has 4 aliphatic heterocycles. The summed E-state index contributed by atoms with van der Waals surface area (Å²) in [6, 6.07) is 55.1. The number of ether oxygens (including phenoxy) is 4. The summed E-state index contributed by atoms with van der Waals surface area (Å²) in [7, 11) is 0. The third-order valence-corrected chi connectivity index (χ3v) is 13.2. The second-order valence-electron chi connectivity index (χ2n) is 18.0. The fourth-order valence-electron chi connectivity index (χ4n) is 9.52. The molecule has 0 saturated carbocycles. The van der Waals surface area contributed by atoms with Crippen molar-refractivity contribution >= 4 is 11.9 Å². The summed E-state index contributed by atoms with van der Waals surface area (Å²) < 4.78 is 23.5. The van der Waals surface area contributed by atoms with Crippen molar-refractivity contribution in [3.05, 3.63) is 203 Å². The number of carboxylic acids is 2. The smallest absolute Gasteiger partial charge is 0.231 e. The first kappa shape index (κ1) is 49.5. The van der Waals surface area contributed by atoms with Crippen LogP contribution in [-0.2, 0) is 32.1 Å². The van der Waals surface area contributed by atoms with Crippen LogP contribution in [0.3, 0.4) is 0 Å². The molecule has 6 aromatic rings. The Bertz CT molecular complexity index is 2340. The van der Waals surface area contributed by atoms with Gasteiger partial charge in [-0.3, -0.25) is 0 Å². The quantitative estimate of drug-likeness (QED) is 0.0688. The van der Waals surface area contributed by atoms with Crippen LogP contribution in [0.25, 0.3) is 0 Å². The first-order chi connectivity index (χ1) is 34.3. The molecular formula is C58H62N2O10.